The van der Waals surface area contributed by atoms with Crippen molar-refractivity contribution >= 4 is 16.7 Å². The zero-order valence-electron chi connectivity index (χ0n) is 12.4. The normalized spacial score (nSPS) is 12.6. The van der Waals surface area contributed by atoms with Gasteiger partial charge >= 0.3 is 5.97 Å². The average molecular weight is 287 g/mol. The van der Waals surface area contributed by atoms with E-state index in [0.29, 0.717) is 12.1 Å². The van der Waals surface area contributed by atoms with E-state index in [2.05, 4.69) is 5.32 Å². The van der Waals surface area contributed by atoms with E-state index in [1.54, 1.807) is 6.07 Å². The number of aliphatic hydroxyl groups is 1. The Bertz CT molecular complexity index is 605. The Kier molecular flexibility index (Phi) is 5.31. The molecule has 2 aromatic carbocycles. The van der Waals surface area contributed by atoms with Gasteiger partial charge in [-0.3, -0.25) is 0 Å². The van der Waals surface area contributed by atoms with Gasteiger partial charge in [-0.1, -0.05) is 50.2 Å². The Morgan fingerprint density at radius 1 is 1.19 bits per heavy atom. The molecule has 0 saturated heterocycles. The summed E-state index contributed by atoms with van der Waals surface area (Å²) < 4.78 is 5.20. The molecule has 0 saturated carbocycles. The number of hydrogen-bond donors (Lipinski definition) is 2. The number of fused-ring (bicyclic) bond motifs is 1. The molecule has 4 nitrogen and oxygen atoms in total. The quantitative estimate of drug-likeness (QED) is 0.801. The summed E-state index contributed by atoms with van der Waals surface area (Å²) in [4.78, 5) is 12.1. The van der Waals surface area contributed by atoms with Crippen LogP contribution in [0.3, 0.4) is 0 Å². The molecule has 0 amide bonds. The lowest BCUT2D eigenvalue weighted by Crippen LogP contribution is -2.35. The lowest BCUT2D eigenvalue weighted by Gasteiger charge is -2.14. The van der Waals surface area contributed by atoms with Crippen LogP contribution in [0.1, 0.15) is 24.2 Å². The Balaban J connectivity index is 1.99. The first-order valence-corrected chi connectivity index (χ1v) is 7.14. The molecule has 1 atom stereocenters. The molecule has 21 heavy (non-hydrogen) atoms. The highest BCUT2D eigenvalue weighted by Gasteiger charge is 2.13. The molecule has 0 bridgehead atoms. The van der Waals surface area contributed by atoms with Crippen molar-refractivity contribution in [2.24, 2.45) is 0 Å². The van der Waals surface area contributed by atoms with Crippen LogP contribution in [0.25, 0.3) is 10.8 Å². The SMILES string of the molecule is CC(C)NC[C@H](O)COC(=O)c1cccc2ccccc12. The fraction of sp³-hybridized carbons (Fsp3) is 0.353. The summed E-state index contributed by atoms with van der Waals surface area (Å²) >= 11 is 0. The number of esters is 1. The summed E-state index contributed by atoms with van der Waals surface area (Å²) in [7, 11) is 0. The van der Waals surface area contributed by atoms with E-state index in [1.165, 1.54) is 0 Å². The standard InChI is InChI=1S/C17H21NO3/c1-12(2)18-10-14(19)11-21-17(20)16-9-5-7-13-6-3-4-8-15(13)16/h3-9,12,14,18-19H,10-11H2,1-2H3/t14-/m0/s1. The summed E-state index contributed by atoms with van der Waals surface area (Å²) in [6.07, 6.45) is -0.702. The first-order chi connectivity index (χ1) is 10.1. The van der Waals surface area contributed by atoms with Gasteiger partial charge in [0.1, 0.15) is 12.7 Å². The first kappa shape index (κ1) is 15.5. The van der Waals surface area contributed by atoms with Gasteiger partial charge in [0.05, 0.1) is 5.56 Å². The van der Waals surface area contributed by atoms with Crippen molar-refractivity contribution < 1.29 is 14.6 Å². The number of carbonyl (C=O) groups is 1. The minimum absolute atomic E-state index is 0.0121. The Morgan fingerprint density at radius 3 is 2.67 bits per heavy atom. The van der Waals surface area contributed by atoms with Crippen molar-refractivity contribution in [3.8, 4) is 0 Å². The minimum Gasteiger partial charge on any atom is -0.459 e. The van der Waals surface area contributed by atoms with Gasteiger partial charge in [0.25, 0.3) is 0 Å². The second-order valence-electron chi connectivity index (χ2n) is 5.34. The fourth-order valence-electron chi connectivity index (χ4n) is 2.08. The first-order valence-electron chi connectivity index (χ1n) is 7.14. The molecule has 0 unspecified atom stereocenters. The predicted octanol–water partition coefficient (Wildman–Crippen LogP) is 2.36. The lowest BCUT2D eigenvalue weighted by atomic mass is 10.1. The van der Waals surface area contributed by atoms with E-state index >= 15 is 0 Å². The van der Waals surface area contributed by atoms with Crippen LogP contribution < -0.4 is 5.32 Å². The smallest absolute Gasteiger partial charge is 0.338 e. The highest BCUT2D eigenvalue weighted by Crippen LogP contribution is 2.19. The molecule has 2 N–H and O–H groups in total. The molecule has 2 rings (SSSR count). The molecule has 0 radical (unpaired) electrons. The molecular weight excluding hydrogens is 266 g/mol. The van der Waals surface area contributed by atoms with E-state index in [-0.39, 0.29) is 12.6 Å². The lowest BCUT2D eigenvalue weighted by molar-refractivity contribution is 0.0258. The zero-order chi connectivity index (χ0) is 15.2. The van der Waals surface area contributed by atoms with Crippen molar-refractivity contribution in [1.29, 1.82) is 0 Å². The molecule has 0 heterocycles. The van der Waals surface area contributed by atoms with Gasteiger partial charge in [-0.05, 0) is 16.8 Å². The van der Waals surface area contributed by atoms with Crippen LogP contribution in [-0.2, 0) is 4.74 Å². The van der Waals surface area contributed by atoms with Gasteiger partial charge < -0.3 is 15.2 Å². The number of rotatable bonds is 6. The maximum atomic E-state index is 12.1. The zero-order valence-corrected chi connectivity index (χ0v) is 12.4. The van der Waals surface area contributed by atoms with Gasteiger partial charge in [-0.15, -0.1) is 0 Å². The highest BCUT2D eigenvalue weighted by molar-refractivity contribution is 6.04. The van der Waals surface area contributed by atoms with E-state index in [1.807, 2.05) is 50.2 Å². The number of ether oxygens (including phenoxy) is 1. The minimum atomic E-state index is -0.702. The number of hydrogen-bond acceptors (Lipinski definition) is 4. The van der Waals surface area contributed by atoms with E-state index < -0.39 is 12.1 Å². The van der Waals surface area contributed by atoms with Crippen LogP contribution in [0.4, 0.5) is 0 Å². The molecule has 2 aromatic rings. The van der Waals surface area contributed by atoms with Gasteiger partial charge in [0.15, 0.2) is 0 Å². The van der Waals surface area contributed by atoms with E-state index in [0.717, 1.165) is 10.8 Å². The van der Waals surface area contributed by atoms with Gasteiger partial charge in [0, 0.05) is 12.6 Å². The Hall–Kier alpha value is -1.91. The van der Waals surface area contributed by atoms with Crippen molar-refractivity contribution in [2.45, 2.75) is 26.0 Å². The molecule has 0 aliphatic rings. The van der Waals surface area contributed by atoms with Crippen LogP contribution in [0.15, 0.2) is 42.5 Å². The molecule has 112 valence electrons. The summed E-state index contributed by atoms with van der Waals surface area (Å²) in [5.74, 6) is -0.407. The summed E-state index contributed by atoms with van der Waals surface area (Å²) in [6, 6.07) is 13.5. The molecule has 0 aliphatic heterocycles. The topological polar surface area (TPSA) is 58.6 Å². The molecule has 0 fully saturated rings. The molecule has 0 aliphatic carbocycles. The molecular formula is C17H21NO3. The second kappa shape index (κ2) is 7.20. The Labute approximate surface area is 124 Å². The van der Waals surface area contributed by atoms with Gasteiger partial charge in [-0.25, -0.2) is 4.79 Å². The van der Waals surface area contributed by atoms with E-state index in [9.17, 15) is 9.90 Å². The van der Waals surface area contributed by atoms with Crippen molar-refractivity contribution in [2.75, 3.05) is 13.2 Å². The Morgan fingerprint density at radius 2 is 1.90 bits per heavy atom. The number of benzene rings is 2. The number of nitrogens with one attached hydrogen (secondary N) is 1. The van der Waals surface area contributed by atoms with Crippen LogP contribution >= 0.6 is 0 Å². The largest absolute Gasteiger partial charge is 0.459 e. The second-order valence-corrected chi connectivity index (χ2v) is 5.34. The van der Waals surface area contributed by atoms with Crippen LogP contribution in [0.2, 0.25) is 0 Å². The van der Waals surface area contributed by atoms with Crippen LogP contribution in [0.5, 0.6) is 0 Å². The predicted molar refractivity (Wildman–Crippen MR) is 83.4 cm³/mol. The van der Waals surface area contributed by atoms with Crippen LogP contribution in [-0.4, -0.2) is 36.4 Å². The third-order valence-electron chi connectivity index (χ3n) is 3.18. The average Bonchev–Trinajstić information content (AvgIpc) is 2.50. The maximum Gasteiger partial charge on any atom is 0.338 e. The van der Waals surface area contributed by atoms with Crippen LogP contribution in [0, 0.1) is 0 Å². The maximum absolute atomic E-state index is 12.1. The number of aliphatic hydroxyl groups excluding tert-OH is 1. The molecule has 0 spiro atoms. The van der Waals surface area contributed by atoms with Gasteiger partial charge in [0.2, 0.25) is 0 Å². The highest BCUT2D eigenvalue weighted by atomic mass is 16.5. The summed E-state index contributed by atoms with van der Waals surface area (Å²) in [6.45, 7) is 4.38. The molecule has 4 heteroatoms. The number of carbonyl (C=O) groups excluding carboxylic acids is 1. The third kappa shape index (κ3) is 4.28. The van der Waals surface area contributed by atoms with Gasteiger partial charge in [-0.2, -0.15) is 0 Å². The van der Waals surface area contributed by atoms with Crippen molar-refractivity contribution in [1.82, 2.24) is 5.32 Å². The summed E-state index contributed by atoms with van der Waals surface area (Å²) in [5, 5.41) is 14.7. The fourth-order valence-corrected chi connectivity index (χ4v) is 2.08. The van der Waals surface area contributed by atoms with Crippen molar-refractivity contribution in [3.05, 3.63) is 48.0 Å². The molecule has 0 aromatic heterocycles. The monoisotopic (exact) mass is 287 g/mol. The summed E-state index contributed by atoms with van der Waals surface area (Å²) in [5.41, 5.74) is 0.525. The third-order valence-corrected chi connectivity index (χ3v) is 3.18. The van der Waals surface area contributed by atoms with E-state index in [4.69, 9.17) is 4.74 Å². The van der Waals surface area contributed by atoms with Crippen molar-refractivity contribution in [3.63, 3.8) is 0 Å².